The predicted molar refractivity (Wildman–Crippen MR) is 84.7 cm³/mol. The third-order valence-electron chi connectivity index (χ3n) is 3.02. The molecule has 7 heteroatoms. The van der Waals surface area contributed by atoms with E-state index in [-0.39, 0.29) is 11.5 Å². The standard InChI is InChI=1S/C15H15ClFN3O2/c16-14-9-13(20(21)22)5-6-15(14)19-8-7-18-10-11-1-3-12(17)4-2-11/h1-6,9,18-19H,7-8,10H2. The van der Waals surface area contributed by atoms with Gasteiger partial charge in [-0.05, 0) is 23.8 Å². The van der Waals surface area contributed by atoms with Crippen LogP contribution in [0.15, 0.2) is 42.5 Å². The van der Waals surface area contributed by atoms with E-state index in [0.29, 0.717) is 30.3 Å². The molecule has 0 amide bonds. The van der Waals surface area contributed by atoms with Crippen molar-refractivity contribution in [1.82, 2.24) is 5.32 Å². The topological polar surface area (TPSA) is 67.2 Å². The van der Waals surface area contributed by atoms with Crippen LogP contribution in [0.2, 0.25) is 5.02 Å². The molecule has 0 aliphatic rings. The zero-order valence-corrected chi connectivity index (χ0v) is 12.4. The Morgan fingerprint density at radius 2 is 1.86 bits per heavy atom. The van der Waals surface area contributed by atoms with Gasteiger partial charge in [-0.3, -0.25) is 10.1 Å². The predicted octanol–water partition coefficient (Wildman–Crippen LogP) is 3.59. The second kappa shape index (κ2) is 7.72. The van der Waals surface area contributed by atoms with E-state index < -0.39 is 4.92 Å². The molecule has 2 aromatic carbocycles. The molecule has 0 aromatic heterocycles. The fourth-order valence-electron chi connectivity index (χ4n) is 1.88. The molecule has 22 heavy (non-hydrogen) atoms. The molecule has 0 aliphatic carbocycles. The lowest BCUT2D eigenvalue weighted by molar-refractivity contribution is -0.384. The molecule has 0 atom stereocenters. The fraction of sp³-hybridized carbons (Fsp3) is 0.200. The average Bonchev–Trinajstić information content (AvgIpc) is 2.50. The maximum absolute atomic E-state index is 12.7. The number of hydrogen-bond donors (Lipinski definition) is 2. The zero-order chi connectivity index (χ0) is 15.9. The van der Waals surface area contributed by atoms with Gasteiger partial charge in [0.1, 0.15) is 5.82 Å². The molecular weight excluding hydrogens is 309 g/mol. The van der Waals surface area contributed by atoms with Crippen LogP contribution in [0.1, 0.15) is 5.56 Å². The van der Waals surface area contributed by atoms with E-state index >= 15 is 0 Å². The molecule has 0 saturated carbocycles. The summed E-state index contributed by atoms with van der Waals surface area (Å²) in [5, 5.41) is 17.2. The molecule has 5 nitrogen and oxygen atoms in total. The number of nitro groups is 1. The van der Waals surface area contributed by atoms with Crippen molar-refractivity contribution in [3.8, 4) is 0 Å². The van der Waals surface area contributed by atoms with Gasteiger partial charge in [0.05, 0.1) is 15.6 Å². The minimum atomic E-state index is -0.486. The van der Waals surface area contributed by atoms with Crippen LogP contribution in [0.5, 0.6) is 0 Å². The Morgan fingerprint density at radius 3 is 2.50 bits per heavy atom. The van der Waals surface area contributed by atoms with Crippen molar-refractivity contribution in [3.63, 3.8) is 0 Å². The molecular formula is C15H15ClFN3O2. The second-order valence-corrected chi connectivity index (χ2v) is 5.06. The normalized spacial score (nSPS) is 10.5. The molecule has 0 aliphatic heterocycles. The largest absolute Gasteiger partial charge is 0.383 e. The summed E-state index contributed by atoms with van der Waals surface area (Å²) in [5.41, 5.74) is 1.61. The summed E-state index contributed by atoms with van der Waals surface area (Å²) in [4.78, 5) is 10.1. The van der Waals surface area contributed by atoms with Gasteiger partial charge in [0.25, 0.3) is 5.69 Å². The number of rotatable bonds is 7. The van der Waals surface area contributed by atoms with Gasteiger partial charge in [0, 0.05) is 31.8 Å². The van der Waals surface area contributed by atoms with Gasteiger partial charge in [-0.15, -0.1) is 0 Å². The highest BCUT2D eigenvalue weighted by Gasteiger charge is 2.08. The molecule has 0 unspecified atom stereocenters. The Labute approximate surface area is 132 Å². The molecule has 0 spiro atoms. The summed E-state index contributed by atoms with van der Waals surface area (Å²) in [6.07, 6.45) is 0. The van der Waals surface area contributed by atoms with Gasteiger partial charge in [-0.1, -0.05) is 23.7 Å². The maximum Gasteiger partial charge on any atom is 0.271 e. The Kier molecular flexibility index (Phi) is 5.68. The van der Waals surface area contributed by atoms with E-state index in [1.807, 2.05) is 0 Å². The molecule has 2 rings (SSSR count). The summed E-state index contributed by atoms with van der Waals surface area (Å²) in [5.74, 6) is -0.252. The Hall–Kier alpha value is -2.18. The molecule has 0 fully saturated rings. The Bertz CT molecular complexity index is 650. The highest BCUT2D eigenvalue weighted by Crippen LogP contribution is 2.26. The van der Waals surface area contributed by atoms with Gasteiger partial charge in [0.15, 0.2) is 0 Å². The van der Waals surface area contributed by atoms with E-state index in [2.05, 4.69) is 10.6 Å². The van der Waals surface area contributed by atoms with Crippen LogP contribution in [-0.4, -0.2) is 18.0 Å². The Balaban J connectivity index is 1.74. The third kappa shape index (κ3) is 4.68. The van der Waals surface area contributed by atoms with Crippen LogP contribution in [0.4, 0.5) is 15.8 Å². The number of non-ortho nitro benzene ring substituents is 1. The number of nitro benzene ring substituents is 1. The van der Waals surface area contributed by atoms with E-state index in [1.165, 1.54) is 24.3 Å². The van der Waals surface area contributed by atoms with Crippen molar-refractivity contribution in [3.05, 3.63) is 69.0 Å². The van der Waals surface area contributed by atoms with Crippen molar-refractivity contribution in [2.24, 2.45) is 0 Å². The van der Waals surface area contributed by atoms with Crippen molar-refractivity contribution in [1.29, 1.82) is 0 Å². The second-order valence-electron chi connectivity index (χ2n) is 4.65. The summed E-state index contributed by atoms with van der Waals surface area (Å²) < 4.78 is 12.7. The summed E-state index contributed by atoms with van der Waals surface area (Å²) >= 11 is 5.97. The monoisotopic (exact) mass is 323 g/mol. The molecule has 2 aromatic rings. The summed E-state index contributed by atoms with van der Waals surface area (Å²) in [6, 6.07) is 10.6. The van der Waals surface area contributed by atoms with E-state index in [4.69, 9.17) is 11.6 Å². The van der Waals surface area contributed by atoms with Gasteiger partial charge in [-0.2, -0.15) is 0 Å². The highest BCUT2D eigenvalue weighted by atomic mass is 35.5. The first-order chi connectivity index (χ1) is 10.6. The van der Waals surface area contributed by atoms with E-state index in [0.717, 1.165) is 5.56 Å². The third-order valence-corrected chi connectivity index (χ3v) is 3.34. The first kappa shape index (κ1) is 16.2. The lowest BCUT2D eigenvalue weighted by atomic mass is 10.2. The van der Waals surface area contributed by atoms with Gasteiger partial charge in [-0.25, -0.2) is 4.39 Å². The molecule has 0 saturated heterocycles. The zero-order valence-electron chi connectivity index (χ0n) is 11.7. The van der Waals surface area contributed by atoms with Gasteiger partial charge < -0.3 is 10.6 Å². The van der Waals surface area contributed by atoms with Crippen molar-refractivity contribution < 1.29 is 9.31 Å². The molecule has 2 N–H and O–H groups in total. The first-order valence-corrected chi connectivity index (χ1v) is 7.07. The number of benzene rings is 2. The number of anilines is 1. The lowest BCUT2D eigenvalue weighted by Gasteiger charge is -2.09. The minimum absolute atomic E-state index is 0.0371. The molecule has 0 heterocycles. The van der Waals surface area contributed by atoms with Crippen LogP contribution in [0.25, 0.3) is 0 Å². The van der Waals surface area contributed by atoms with Crippen LogP contribution < -0.4 is 10.6 Å². The molecule has 0 radical (unpaired) electrons. The minimum Gasteiger partial charge on any atom is -0.383 e. The van der Waals surface area contributed by atoms with E-state index in [1.54, 1.807) is 18.2 Å². The summed E-state index contributed by atoms with van der Waals surface area (Å²) in [6.45, 7) is 1.92. The van der Waals surface area contributed by atoms with Crippen LogP contribution >= 0.6 is 11.6 Å². The van der Waals surface area contributed by atoms with Crippen molar-refractivity contribution >= 4 is 23.0 Å². The van der Waals surface area contributed by atoms with Crippen molar-refractivity contribution in [2.75, 3.05) is 18.4 Å². The number of nitrogens with zero attached hydrogens (tertiary/aromatic N) is 1. The average molecular weight is 324 g/mol. The number of halogens is 2. The van der Waals surface area contributed by atoms with Gasteiger partial charge in [0.2, 0.25) is 0 Å². The first-order valence-electron chi connectivity index (χ1n) is 6.69. The SMILES string of the molecule is O=[N+]([O-])c1ccc(NCCNCc2ccc(F)cc2)c(Cl)c1. The van der Waals surface area contributed by atoms with Crippen LogP contribution in [-0.2, 0) is 6.54 Å². The molecule has 116 valence electrons. The van der Waals surface area contributed by atoms with Crippen LogP contribution in [0.3, 0.4) is 0 Å². The van der Waals surface area contributed by atoms with Crippen molar-refractivity contribution in [2.45, 2.75) is 6.54 Å². The number of nitrogens with one attached hydrogen (secondary N) is 2. The maximum atomic E-state index is 12.7. The lowest BCUT2D eigenvalue weighted by Crippen LogP contribution is -2.21. The summed E-state index contributed by atoms with van der Waals surface area (Å²) in [7, 11) is 0. The van der Waals surface area contributed by atoms with E-state index in [9.17, 15) is 14.5 Å². The smallest absolute Gasteiger partial charge is 0.271 e. The quantitative estimate of drug-likeness (QED) is 0.464. The van der Waals surface area contributed by atoms with Gasteiger partial charge >= 0.3 is 0 Å². The number of hydrogen-bond acceptors (Lipinski definition) is 4. The highest BCUT2D eigenvalue weighted by molar-refractivity contribution is 6.33. The van der Waals surface area contributed by atoms with Crippen LogP contribution in [0, 0.1) is 15.9 Å². The Morgan fingerprint density at radius 1 is 1.14 bits per heavy atom. The molecule has 0 bridgehead atoms. The fourth-order valence-corrected chi connectivity index (χ4v) is 2.12.